The van der Waals surface area contributed by atoms with Crippen molar-refractivity contribution in [3.63, 3.8) is 0 Å². The van der Waals surface area contributed by atoms with E-state index >= 15 is 0 Å². The van der Waals surface area contributed by atoms with Crippen LogP contribution in [0, 0.1) is 0 Å². The minimum absolute atomic E-state index is 0.0566. The quantitative estimate of drug-likeness (QED) is 0.656. The average molecular weight is 355 g/mol. The van der Waals surface area contributed by atoms with E-state index in [1.54, 1.807) is 0 Å². The van der Waals surface area contributed by atoms with E-state index in [0.29, 0.717) is 6.54 Å². The highest BCUT2D eigenvalue weighted by molar-refractivity contribution is 7.91. The van der Waals surface area contributed by atoms with E-state index in [9.17, 15) is 18.3 Å². The van der Waals surface area contributed by atoms with Gasteiger partial charge in [-0.1, -0.05) is 13.8 Å². The third-order valence-corrected chi connectivity index (χ3v) is 6.28. The molecule has 1 unspecified atom stereocenters. The molecule has 1 heterocycles. The van der Waals surface area contributed by atoms with Crippen molar-refractivity contribution in [2.75, 3.05) is 31.1 Å². The summed E-state index contributed by atoms with van der Waals surface area (Å²) >= 11 is 0. The van der Waals surface area contributed by atoms with E-state index in [1.165, 1.54) is 6.92 Å². The van der Waals surface area contributed by atoms with Gasteiger partial charge in [-0.2, -0.15) is 0 Å². The maximum Gasteiger partial charge on any atom is 0.255 e. The SMILES string of the molecule is CCN1CCCC1CNC(=O)c1cc(S(=O)(=O)CC)c(N)cc1O. The molecule has 0 aromatic heterocycles. The molecule has 4 N–H and O–H groups in total. The smallest absolute Gasteiger partial charge is 0.255 e. The summed E-state index contributed by atoms with van der Waals surface area (Å²) in [5.41, 5.74) is 5.56. The first kappa shape index (κ1) is 18.5. The number of hydrogen-bond donors (Lipinski definition) is 3. The van der Waals surface area contributed by atoms with Gasteiger partial charge in [-0.3, -0.25) is 9.69 Å². The van der Waals surface area contributed by atoms with Gasteiger partial charge in [0.2, 0.25) is 0 Å². The third kappa shape index (κ3) is 3.81. The fourth-order valence-electron chi connectivity index (χ4n) is 3.04. The highest BCUT2D eigenvalue weighted by Gasteiger charge is 2.25. The van der Waals surface area contributed by atoms with Crippen LogP contribution in [0.15, 0.2) is 17.0 Å². The molecular formula is C16H25N3O4S. The number of phenols is 1. The highest BCUT2D eigenvalue weighted by Crippen LogP contribution is 2.28. The van der Waals surface area contributed by atoms with Gasteiger partial charge >= 0.3 is 0 Å². The lowest BCUT2D eigenvalue weighted by molar-refractivity contribution is 0.0938. The van der Waals surface area contributed by atoms with Crippen molar-refractivity contribution in [2.45, 2.75) is 37.6 Å². The van der Waals surface area contributed by atoms with Crippen molar-refractivity contribution in [3.8, 4) is 5.75 Å². The van der Waals surface area contributed by atoms with Crippen LogP contribution in [-0.2, 0) is 9.84 Å². The van der Waals surface area contributed by atoms with E-state index in [2.05, 4.69) is 17.1 Å². The molecule has 0 bridgehead atoms. The fraction of sp³-hybridized carbons (Fsp3) is 0.562. The first-order valence-corrected chi connectivity index (χ1v) is 9.82. The molecule has 1 fully saturated rings. The molecular weight excluding hydrogens is 330 g/mol. The Morgan fingerprint density at radius 3 is 2.75 bits per heavy atom. The lowest BCUT2D eigenvalue weighted by atomic mass is 10.1. The largest absolute Gasteiger partial charge is 0.507 e. The first-order chi connectivity index (χ1) is 11.3. The number of nitrogens with zero attached hydrogens (tertiary/aromatic N) is 1. The molecule has 0 saturated carbocycles. The number of likely N-dealkylation sites (N-methyl/N-ethyl adjacent to an activating group) is 1. The van der Waals surface area contributed by atoms with Crippen LogP contribution in [0.3, 0.4) is 0 Å². The minimum atomic E-state index is -3.57. The molecule has 0 radical (unpaired) electrons. The third-order valence-electron chi connectivity index (χ3n) is 4.49. The number of aromatic hydroxyl groups is 1. The summed E-state index contributed by atoms with van der Waals surface area (Å²) in [6.45, 7) is 5.98. The van der Waals surface area contributed by atoms with Gasteiger partial charge in [-0.25, -0.2) is 8.42 Å². The number of nitrogens with one attached hydrogen (secondary N) is 1. The van der Waals surface area contributed by atoms with Gasteiger partial charge in [0.1, 0.15) is 5.75 Å². The summed E-state index contributed by atoms with van der Waals surface area (Å²) in [4.78, 5) is 14.5. The first-order valence-electron chi connectivity index (χ1n) is 8.17. The van der Waals surface area contributed by atoms with Crippen molar-refractivity contribution >= 4 is 21.4 Å². The second-order valence-corrected chi connectivity index (χ2v) is 8.19. The van der Waals surface area contributed by atoms with Crippen LogP contribution in [0.5, 0.6) is 5.75 Å². The van der Waals surface area contributed by atoms with Crippen LogP contribution in [0.25, 0.3) is 0 Å². The summed E-state index contributed by atoms with van der Waals surface area (Å²) in [6.07, 6.45) is 2.11. The Morgan fingerprint density at radius 2 is 2.12 bits per heavy atom. The van der Waals surface area contributed by atoms with E-state index in [-0.39, 0.29) is 33.7 Å². The number of phenolic OH excluding ortho intramolecular Hbond substituents is 1. The minimum Gasteiger partial charge on any atom is -0.507 e. The number of amides is 1. The molecule has 24 heavy (non-hydrogen) atoms. The average Bonchev–Trinajstić information content (AvgIpc) is 2.99. The second kappa shape index (κ2) is 7.40. The summed E-state index contributed by atoms with van der Waals surface area (Å²) in [6, 6.07) is 2.55. The van der Waals surface area contributed by atoms with Gasteiger partial charge in [0.05, 0.1) is 21.9 Å². The predicted octanol–water partition coefficient (Wildman–Crippen LogP) is 0.982. The van der Waals surface area contributed by atoms with Gasteiger partial charge in [0, 0.05) is 18.7 Å². The lowest BCUT2D eigenvalue weighted by Gasteiger charge is -2.23. The van der Waals surface area contributed by atoms with Gasteiger partial charge in [-0.05, 0) is 32.0 Å². The molecule has 134 valence electrons. The molecule has 1 amide bonds. The highest BCUT2D eigenvalue weighted by atomic mass is 32.2. The van der Waals surface area contributed by atoms with Crippen molar-refractivity contribution in [1.29, 1.82) is 0 Å². The number of likely N-dealkylation sites (tertiary alicyclic amines) is 1. The maximum atomic E-state index is 12.4. The molecule has 0 aliphatic carbocycles. The lowest BCUT2D eigenvalue weighted by Crippen LogP contribution is -2.40. The number of anilines is 1. The molecule has 0 spiro atoms. The van der Waals surface area contributed by atoms with Crippen LogP contribution in [-0.4, -0.2) is 55.8 Å². The zero-order valence-corrected chi connectivity index (χ0v) is 14.9. The Labute approximate surface area is 142 Å². The van der Waals surface area contributed by atoms with Crippen LogP contribution < -0.4 is 11.1 Å². The molecule has 8 heteroatoms. The van der Waals surface area contributed by atoms with E-state index in [0.717, 1.165) is 38.1 Å². The monoisotopic (exact) mass is 355 g/mol. The van der Waals surface area contributed by atoms with E-state index in [4.69, 9.17) is 5.73 Å². The predicted molar refractivity (Wildman–Crippen MR) is 92.8 cm³/mol. The number of carbonyl (C=O) groups is 1. The Hall–Kier alpha value is -1.80. The van der Waals surface area contributed by atoms with Crippen LogP contribution in [0.2, 0.25) is 0 Å². The van der Waals surface area contributed by atoms with Gasteiger partial charge in [-0.15, -0.1) is 0 Å². The Balaban J connectivity index is 2.19. The van der Waals surface area contributed by atoms with Crippen LogP contribution in [0.1, 0.15) is 37.0 Å². The van der Waals surface area contributed by atoms with Gasteiger partial charge < -0.3 is 16.2 Å². The molecule has 1 aliphatic heterocycles. The van der Waals surface area contributed by atoms with E-state index in [1.807, 2.05) is 0 Å². The number of carbonyl (C=O) groups excluding carboxylic acids is 1. The number of sulfone groups is 1. The number of hydrogen-bond acceptors (Lipinski definition) is 6. The summed E-state index contributed by atoms with van der Waals surface area (Å²) in [5.74, 6) is -0.946. The Bertz CT molecular complexity index is 718. The zero-order valence-electron chi connectivity index (χ0n) is 14.1. The normalized spacial score (nSPS) is 18.7. The molecule has 1 aromatic carbocycles. The zero-order chi connectivity index (χ0) is 17.9. The van der Waals surface area contributed by atoms with E-state index < -0.39 is 15.7 Å². The molecule has 1 aromatic rings. The molecule has 1 aliphatic rings. The van der Waals surface area contributed by atoms with Crippen molar-refractivity contribution in [2.24, 2.45) is 0 Å². The molecule has 1 saturated heterocycles. The van der Waals surface area contributed by atoms with Crippen LogP contribution in [0.4, 0.5) is 5.69 Å². The number of benzene rings is 1. The van der Waals surface area contributed by atoms with Gasteiger partial charge in [0.25, 0.3) is 5.91 Å². The topological polar surface area (TPSA) is 113 Å². The standard InChI is InChI=1S/C16H25N3O4S/c1-3-19-7-5-6-11(19)10-18-16(21)12-8-15(24(22,23)4-2)13(17)9-14(12)20/h8-9,11,20H,3-7,10,17H2,1-2H3,(H,18,21). The Morgan fingerprint density at radius 1 is 1.42 bits per heavy atom. The van der Waals surface area contributed by atoms with Crippen molar-refractivity contribution < 1.29 is 18.3 Å². The van der Waals surface area contributed by atoms with Crippen molar-refractivity contribution in [3.05, 3.63) is 17.7 Å². The Kier molecular flexibility index (Phi) is 5.71. The summed E-state index contributed by atoms with van der Waals surface area (Å²) in [5, 5.41) is 12.8. The summed E-state index contributed by atoms with van der Waals surface area (Å²) in [7, 11) is -3.57. The number of rotatable bonds is 6. The van der Waals surface area contributed by atoms with Crippen molar-refractivity contribution in [1.82, 2.24) is 10.2 Å². The van der Waals surface area contributed by atoms with Gasteiger partial charge in [0.15, 0.2) is 9.84 Å². The molecule has 1 atom stereocenters. The second-order valence-electron chi connectivity index (χ2n) is 5.95. The number of nitrogen functional groups attached to an aromatic ring is 1. The molecule has 2 rings (SSSR count). The fourth-order valence-corrected chi connectivity index (χ4v) is 4.07. The number of nitrogens with two attached hydrogens (primary N) is 1. The maximum absolute atomic E-state index is 12.4. The summed E-state index contributed by atoms with van der Waals surface area (Å²) < 4.78 is 24.1. The van der Waals surface area contributed by atoms with Crippen LogP contribution >= 0.6 is 0 Å². The molecule has 7 nitrogen and oxygen atoms in total.